The quantitative estimate of drug-likeness (QED) is 0.605. The average Bonchev–Trinajstić information content (AvgIpc) is 2.74. The molecule has 1 aliphatic heterocycles. The van der Waals surface area contributed by atoms with E-state index in [2.05, 4.69) is 33.0 Å². The van der Waals surface area contributed by atoms with Gasteiger partial charge in [0.05, 0.1) is 10.8 Å². The van der Waals surface area contributed by atoms with Crippen molar-refractivity contribution in [2.24, 2.45) is 5.92 Å². The van der Waals surface area contributed by atoms with Crippen molar-refractivity contribution >= 4 is 33.2 Å². The van der Waals surface area contributed by atoms with Crippen molar-refractivity contribution in [1.82, 2.24) is 4.31 Å². The van der Waals surface area contributed by atoms with Crippen LogP contribution < -0.4 is 5.32 Å². The van der Waals surface area contributed by atoms with Crippen LogP contribution in [0.3, 0.4) is 0 Å². The first-order valence-corrected chi connectivity index (χ1v) is 12.6. The maximum Gasteiger partial charge on any atom is 0.243 e. The van der Waals surface area contributed by atoms with E-state index in [0.29, 0.717) is 24.4 Å². The largest absolute Gasteiger partial charge is 0.325 e. The van der Waals surface area contributed by atoms with Crippen molar-refractivity contribution in [3.05, 3.63) is 58.6 Å². The minimum atomic E-state index is -3.67. The van der Waals surface area contributed by atoms with E-state index in [1.165, 1.54) is 16.4 Å². The molecule has 1 fully saturated rings. The SMILES string of the molecule is CC(C)c1cccc(C(C)C)c1NC(=O)C1CCCN(S(=O)(=O)c2ccc(Cl)cc2)C1. The first kappa shape index (κ1) is 23.8. The van der Waals surface area contributed by atoms with Gasteiger partial charge in [0.1, 0.15) is 0 Å². The van der Waals surface area contributed by atoms with Gasteiger partial charge in [-0.25, -0.2) is 8.42 Å². The highest BCUT2D eigenvalue weighted by atomic mass is 35.5. The Kier molecular flexibility index (Phi) is 7.45. The molecule has 1 aliphatic rings. The molecule has 1 saturated heterocycles. The molecule has 3 rings (SSSR count). The number of carbonyl (C=O) groups is 1. The lowest BCUT2D eigenvalue weighted by molar-refractivity contribution is -0.120. The minimum Gasteiger partial charge on any atom is -0.325 e. The fraction of sp³-hybridized carbons (Fsp3) is 0.458. The van der Waals surface area contributed by atoms with Crippen molar-refractivity contribution in [2.75, 3.05) is 18.4 Å². The van der Waals surface area contributed by atoms with Crippen molar-refractivity contribution < 1.29 is 13.2 Å². The van der Waals surface area contributed by atoms with Gasteiger partial charge in [-0.3, -0.25) is 4.79 Å². The normalized spacial score (nSPS) is 17.8. The van der Waals surface area contributed by atoms with Gasteiger partial charge < -0.3 is 5.32 Å². The number of benzene rings is 2. The Bertz CT molecular complexity index is 1010. The Labute approximate surface area is 190 Å². The van der Waals surface area contributed by atoms with E-state index in [0.717, 1.165) is 16.8 Å². The molecule has 5 nitrogen and oxygen atoms in total. The molecule has 0 radical (unpaired) electrons. The highest BCUT2D eigenvalue weighted by Gasteiger charge is 2.33. The molecular formula is C24H31ClN2O3S. The maximum absolute atomic E-state index is 13.2. The van der Waals surface area contributed by atoms with Crippen LogP contribution in [0.5, 0.6) is 0 Å². The lowest BCUT2D eigenvalue weighted by Crippen LogP contribution is -2.43. The highest BCUT2D eigenvalue weighted by Crippen LogP contribution is 2.33. The van der Waals surface area contributed by atoms with E-state index in [-0.39, 0.29) is 29.2 Å². The van der Waals surface area contributed by atoms with Gasteiger partial charge in [0.15, 0.2) is 0 Å². The lowest BCUT2D eigenvalue weighted by atomic mass is 9.91. The van der Waals surface area contributed by atoms with Crippen LogP contribution in [0.2, 0.25) is 5.02 Å². The van der Waals surface area contributed by atoms with Gasteiger partial charge in [0.25, 0.3) is 0 Å². The molecule has 2 aromatic carbocycles. The van der Waals surface area contributed by atoms with Crippen LogP contribution in [0.4, 0.5) is 5.69 Å². The molecule has 1 unspecified atom stereocenters. The van der Waals surface area contributed by atoms with Gasteiger partial charge in [-0.2, -0.15) is 4.31 Å². The molecule has 2 aromatic rings. The predicted octanol–water partition coefficient (Wildman–Crippen LogP) is 5.63. The number of nitrogens with one attached hydrogen (secondary N) is 1. The Balaban J connectivity index is 1.82. The molecule has 31 heavy (non-hydrogen) atoms. The zero-order chi connectivity index (χ0) is 22.8. The number of rotatable bonds is 6. The van der Waals surface area contributed by atoms with Crippen molar-refractivity contribution in [3.63, 3.8) is 0 Å². The summed E-state index contributed by atoms with van der Waals surface area (Å²) in [4.78, 5) is 13.4. The number of halogens is 1. The number of hydrogen-bond donors (Lipinski definition) is 1. The van der Waals surface area contributed by atoms with E-state index in [4.69, 9.17) is 11.6 Å². The number of carbonyl (C=O) groups excluding carboxylic acids is 1. The zero-order valence-electron chi connectivity index (χ0n) is 18.6. The monoisotopic (exact) mass is 462 g/mol. The van der Waals surface area contributed by atoms with E-state index in [1.807, 2.05) is 18.2 Å². The number of hydrogen-bond acceptors (Lipinski definition) is 3. The fourth-order valence-corrected chi connectivity index (χ4v) is 5.70. The van der Waals surface area contributed by atoms with Crippen LogP contribution in [0.1, 0.15) is 63.5 Å². The number of piperidine rings is 1. The first-order valence-electron chi connectivity index (χ1n) is 10.8. The van der Waals surface area contributed by atoms with Crippen molar-refractivity contribution in [3.8, 4) is 0 Å². The summed E-state index contributed by atoms with van der Waals surface area (Å²) in [5, 5.41) is 3.64. The van der Waals surface area contributed by atoms with Gasteiger partial charge in [-0.15, -0.1) is 0 Å². The van der Waals surface area contributed by atoms with Gasteiger partial charge in [0, 0.05) is 23.8 Å². The standard InChI is InChI=1S/C24H31ClN2O3S/c1-16(2)21-8-5-9-22(17(3)4)23(21)26-24(28)18-7-6-14-27(15-18)31(29,30)20-12-10-19(25)11-13-20/h5,8-13,16-18H,6-7,14-15H2,1-4H3,(H,26,28). The molecule has 0 bridgehead atoms. The summed E-state index contributed by atoms with van der Waals surface area (Å²) in [6.45, 7) is 9.02. The highest BCUT2D eigenvalue weighted by molar-refractivity contribution is 7.89. The smallest absolute Gasteiger partial charge is 0.243 e. The van der Waals surface area contributed by atoms with E-state index < -0.39 is 15.9 Å². The molecule has 1 atom stereocenters. The predicted molar refractivity (Wildman–Crippen MR) is 126 cm³/mol. The summed E-state index contributed by atoms with van der Waals surface area (Å²) < 4.78 is 27.5. The van der Waals surface area contributed by atoms with E-state index in [1.54, 1.807) is 12.1 Å². The summed E-state index contributed by atoms with van der Waals surface area (Å²) in [7, 11) is -3.67. The Morgan fingerprint density at radius 1 is 1.03 bits per heavy atom. The number of anilines is 1. The number of sulfonamides is 1. The second-order valence-corrected chi connectivity index (χ2v) is 11.1. The number of amides is 1. The van der Waals surface area contributed by atoms with Crippen LogP contribution >= 0.6 is 11.6 Å². The molecule has 1 heterocycles. The van der Waals surface area contributed by atoms with Crippen LogP contribution in [0.25, 0.3) is 0 Å². The molecule has 7 heteroatoms. The summed E-state index contributed by atoms with van der Waals surface area (Å²) in [5.74, 6) is 0.0198. The molecule has 1 N–H and O–H groups in total. The van der Waals surface area contributed by atoms with E-state index in [9.17, 15) is 13.2 Å². The van der Waals surface area contributed by atoms with Crippen LogP contribution in [-0.2, 0) is 14.8 Å². The third-order valence-electron chi connectivity index (χ3n) is 5.83. The second-order valence-electron chi connectivity index (χ2n) is 8.77. The molecule has 0 aromatic heterocycles. The van der Waals surface area contributed by atoms with Crippen molar-refractivity contribution in [1.29, 1.82) is 0 Å². The van der Waals surface area contributed by atoms with Gasteiger partial charge in [-0.05, 0) is 60.1 Å². The third-order valence-corrected chi connectivity index (χ3v) is 7.96. The van der Waals surface area contributed by atoms with Gasteiger partial charge >= 0.3 is 0 Å². The van der Waals surface area contributed by atoms with Crippen LogP contribution in [-0.4, -0.2) is 31.7 Å². The zero-order valence-corrected chi connectivity index (χ0v) is 20.1. The number of nitrogens with zero attached hydrogens (tertiary/aromatic N) is 1. The van der Waals surface area contributed by atoms with Crippen LogP contribution in [0.15, 0.2) is 47.4 Å². The summed E-state index contributed by atoms with van der Waals surface area (Å²) in [6.07, 6.45) is 1.31. The minimum absolute atomic E-state index is 0.119. The first-order chi connectivity index (χ1) is 14.6. The second kappa shape index (κ2) is 9.72. The van der Waals surface area contributed by atoms with Crippen molar-refractivity contribution in [2.45, 2.75) is 57.3 Å². The number of para-hydroxylation sites is 1. The summed E-state index contributed by atoms with van der Waals surface area (Å²) in [5.41, 5.74) is 3.07. The Hall–Kier alpha value is -1.89. The topological polar surface area (TPSA) is 66.5 Å². The molecule has 168 valence electrons. The third kappa shape index (κ3) is 5.30. The summed E-state index contributed by atoms with van der Waals surface area (Å²) >= 11 is 5.90. The average molecular weight is 463 g/mol. The van der Waals surface area contributed by atoms with Gasteiger partial charge in [-0.1, -0.05) is 57.5 Å². The maximum atomic E-state index is 13.2. The Morgan fingerprint density at radius 3 is 2.16 bits per heavy atom. The van der Waals surface area contributed by atoms with E-state index >= 15 is 0 Å². The molecule has 0 saturated carbocycles. The lowest BCUT2D eigenvalue weighted by Gasteiger charge is -2.32. The Morgan fingerprint density at radius 2 is 1.61 bits per heavy atom. The molecule has 0 aliphatic carbocycles. The molecular weight excluding hydrogens is 432 g/mol. The fourth-order valence-electron chi connectivity index (χ4n) is 4.05. The molecule has 0 spiro atoms. The summed E-state index contributed by atoms with van der Waals surface area (Å²) in [6, 6.07) is 12.3. The molecule has 1 amide bonds. The van der Waals surface area contributed by atoms with Gasteiger partial charge in [0.2, 0.25) is 15.9 Å². The van der Waals surface area contributed by atoms with Crippen LogP contribution in [0, 0.1) is 5.92 Å².